The average molecular weight is 174 g/mol. The molecule has 1 N–H and O–H groups in total. The van der Waals surface area contributed by atoms with Gasteiger partial charge in [-0.3, -0.25) is 0 Å². The van der Waals surface area contributed by atoms with Crippen LogP contribution in [0.5, 0.6) is 5.75 Å². The summed E-state index contributed by atoms with van der Waals surface area (Å²) in [5.41, 5.74) is 2.31. The fraction of sp³-hybridized carbons (Fsp3) is 0.333. The Morgan fingerprint density at radius 2 is 2.31 bits per heavy atom. The minimum absolute atomic E-state index is 0.0271. The van der Waals surface area contributed by atoms with Crippen LogP contribution in [0.2, 0.25) is 0 Å². The first-order valence-corrected chi connectivity index (χ1v) is 4.62. The van der Waals surface area contributed by atoms with E-state index in [1.807, 2.05) is 12.1 Å². The van der Waals surface area contributed by atoms with Gasteiger partial charge in [-0.2, -0.15) is 0 Å². The largest absolute Gasteiger partial charge is 0.508 e. The van der Waals surface area contributed by atoms with E-state index >= 15 is 0 Å². The number of aromatic hydroxyl groups is 1. The van der Waals surface area contributed by atoms with Gasteiger partial charge >= 0.3 is 0 Å². The maximum atomic E-state index is 9.75. The van der Waals surface area contributed by atoms with Crippen molar-refractivity contribution < 1.29 is 5.11 Å². The normalized spacial score (nSPS) is 25.6. The molecule has 1 atom stereocenters. The number of benzene rings is 1. The molecule has 0 fully saturated rings. The summed E-state index contributed by atoms with van der Waals surface area (Å²) in [5.74, 6) is 0.414. The molecule has 1 aromatic carbocycles. The number of rotatable bonds is 1. The van der Waals surface area contributed by atoms with Crippen LogP contribution in [-0.2, 0) is 11.8 Å². The van der Waals surface area contributed by atoms with E-state index < -0.39 is 0 Å². The Morgan fingerprint density at radius 3 is 3.00 bits per heavy atom. The number of phenols is 1. The fourth-order valence-corrected chi connectivity index (χ4v) is 2.18. The van der Waals surface area contributed by atoms with Crippen molar-refractivity contribution in [2.75, 3.05) is 0 Å². The summed E-state index contributed by atoms with van der Waals surface area (Å²) in [6.07, 6.45) is 4.05. The summed E-state index contributed by atoms with van der Waals surface area (Å²) in [6, 6.07) is 5.75. The highest BCUT2D eigenvalue weighted by Crippen LogP contribution is 2.43. The van der Waals surface area contributed by atoms with Crippen molar-refractivity contribution in [3.8, 4) is 5.75 Å². The summed E-state index contributed by atoms with van der Waals surface area (Å²) in [5, 5.41) is 9.75. The van der Waals surface area contributed by atoms with Crippen LogP contribution in [0, 0.1) is 0 Å². The van der Waals surface area contributed by atoms with Gasteiger partial charge in [0.15, 0.2) is 0 Å². The number of allylic oxidation sites excluding steroid dienone is 1. The zero-order chi connectivity index (χ0) is 9.47. The van der Waals surface area contributed by atoms with Crippen molar-refractivity contribution in [1.29, 1.82) is 0 Å². The lowest BCUT2D eigenvalue weighted by molar-refractivity contribution is 0.453. The third kappa shape index (κ3) is 1.07. The zero-order valence-electron chi connectivity index (χ0n) is 7.88. The van der Waals surface area contributed by atoms with Gasteiger partial charge in [0, 0.05) is 11.0 Å². The van der Waals surface area contributed by atoms with Crippen LogP contribution in [0.3, 0.4) is 0 Å². The summed E-state index contributed by atoms with van der Waals surface area (Å²) >= 11 is 0. The zero-order valence-corrected chi connectivity index (χ0v) is 7.88. The molecule has 0 radical (unpaired) electrons. The molecule has 0 saturated heterocycles. The van der Waals surface area contributed by atoms with Gasteiger partial charge in [-0.15, -0.1) is 6.58 Å². The molecule has 1 nitrogen and oxygen atoms in total. The first-order chi connectivity index (χ1) is 6.17. The predicted octanol–water partition coefficient (Wildman–Crippen LogP) is 2.78. The maximum Gasteiger partial charge on any atom is 0.119 e. The lowest BCUT2D eigenvalue weighted by atomic mass is 9.84. The third-order valence-corrected chi connectivity index (χ3v) is 3.06. The van der Waals surface area contributed by atoms with E-state index in [1.165, 1.54) is 5.56 Å². The van der Waals surface area contributed by atoms with E-state index in [0.717, 1.165) is 18.4 Å². The molecule has 1 aromatic rings. The van der Waals surface area contributed by atoms with Crippen LogP contribution in [0.1, 0.15) is 24.5 Å². The fourth-order valence-electron chi connectivity index (χ4n) is 2.18. The Balaban J connectivity index is 2.64. The summed E-state index contributed by atoms with van der Waals surface area (Å²) < 4.78 is 0. The predicted molar refractivity (Wildman–Crippen MR) is 54.0 cm³/mol. The molecule has 0 amide bonds. The quantitative estimate of drug-likeness (QED) is 0.649. The van der Waals surface area contributed by atoms with E-state index in [9.17, 15) is 5.11 Å². The minimum atomic E-state index is -0.0271. The lowest BCUT2D eigenvalue weighted by Gasteiger charge is -2.21. The Bertz CT molecular complexity index is 354. The van der Waals surface area contributed by atoms with E-state index in [-0.39, 0.29) is 5.41 Å². The van der Waals surface area contributed by atoms with Gasteiger partial charge in [-0.25, -0.2) is 0 Å². The monoisotopic (exact) mass is 174 g/mol. The Hall–Kier alpha value is -1.24. The Kier molecular flexibility index (Phi) is 1.69. The van der Waals surface area contributed by atoms with Crippen LogP contribution in [0.4, 0.5) is 0 Å². The molecule has 1 aliphatic rings. The first kappa shape index (κ1) is 8.36. The average Bonchev–Trinajstić information content (AvgIpc) is 2.47. The molecule has 0 saturated carbocycles. The number of hydrogen-bond donors (Lipinski definition) is 1. The molecule has 13 heavy (non-hydrogen) atoms. The van der Waals surface area contributed by atoms with Gasteiger partial charge in [0.2, 0.25) is 0 Å². The molecule has 1 heteroatoms. The summed E-state index contributed by atoms with van der Waals surface area (Å²) in [4.78, 5) is 0. The second-order valence-corrected chi connectivity index (χ2v) is 3.93. The van der Waals surface area contributed by atoms with E-state index in [1.54, 1.807) is 6.07 Å². The highest BCUT2D eigenvalue weighted by Gasteiger charge is 2.33. The molecule has 0 aromatic heterocycles. The molecular formula is C12H14O. The van der Waals surface area contributed by atoms with E-state index in [2.05, 4.69) is 19.6 Å². The van der Waals surface area contributed by atoms with Crippen LogP contribution in [0.15, 0.2) is 30.9 Å². The van der Waals surface area contributed by atoms with Crippen LogP contribution < -0.4 is 0 Å². The molecule has 1 unspecified atom stereocenters. The van der Waals surface area contributed by atoms with Gasteiger partial charge in [0.25, 0.3) is 0 Å². The smallest absolute Gasteiger partial charge is 0.119 e. The molecule has 0 aliphatic heterocycles. The molecule has 68 valence electrons. The SMILES string of the molecule is C=CC1(C)CCc2cccc(O)c21. The molecule has 0 bridgehead atoms. The molecule has 1 aliphatic carbocycles. The number of phenolic OH excluding ortho intramolecular Hbond substituents is 1. The second-order valence-electron chi connectivity index (χ2n) is 3.93. The van der Waals surface area contributed by atoms with Crippen LogP contribution in [0.25, 0.3) is 0 Å². The van der Waals surface area contributed by atoms with Gasteiger partial charge in [0.1, 0.15) is 5.75 Å². The van der Waals surface area contributed by atoms with Crippen molar-refractivity contribution in [3.63, 3.8) is 0 Å². The second kappa shape index (κ2) is 2.63. The third-order valence-electron chi connectivity index (χ3n) is 3.06. The van der Waals surface area contributed by atoms with Crippen molar-refractivity contribution in [2.45, 2.75) is 25.2 Å². The molecular weight excluding hydrogens is 160 g/mol. The highest BCUT2D eigenvalue weighted by molar-refractivity contribution is 5.50. The number of hydrogen-bond acceptors (Lipinski definition) is 1. The van der Waals surface area contributed by atoms with Crippen molar-refractivity contribution in [1.82, 2.24) is 0 Å². The molecule has 0 spiro atoms. The van der Waals surface area contributed by atoms with Gasteiger partial charge < -0.3 is 5.11 Å². The lowest BCUT2D eigenvalue weighted by Crippen LogP contribution is -2.13. The van der Waals surface area contributed by atoms with Crippen molar-refractivity contribution in [3.05, 3.63) is 42.0 Å². The standard InChI is InChI=1S/C12H14O/c1-3-12(2)8-7-9-5-4-6-10(13)11(9)12/h3-6,13H,1,7-8H2,2H3. The van der Waals surface area contributed by atoms with Crippen LogP contribution >= 0.6 is 0 Å². The van der Waals surface area contributed by atoms with Crippen molar-refractivity contribution >= 4 is 0 Å². The highest BCUT2D eigenvalue weighted by atomic mass is 16.3. The Morgan fingerprint density at radius 1 is 1.54 bits per heavy atom. The van der Waals surface area contributed by atoms with Crippen LogP contribution in [-0.4, -0.2) is 5.11 Å². The minimum Gasteiger partial charge on any atom is -0.508 e. The Labute approximate surface area is 78.7 Å². The van der Waals surface area contributed by atoms with Crippen molar-refractivity contribution in [2.24, 2.45) is 0 Å². The molecule has 0 heterocycles. The van der Waals surface area contributed by atoms with Gasteiger partial charge in [-0.05, 0) is 24.5 Å². The number of aryl methyl sites for hydroxylation is 1. The van der Waals surface area contributed by atoms with E-state index in [0.29, 0.717) is 5.75 Å². The van der Waals surface area contributed by atoms with Gasteiger partial charge in [-0.1, -0.05) is 25.1 Å². The molecule has 2 rings (SSSR count). The summed E-state index contributed by atoms with van der Waals surface area (Å²) in [7, 11) is 0. The van der Waals surface area contributed by atoms with Gasteiger partial charge in [0.05, 0.1) is 0 Å². The summed E-state index contributed by atoms with van der Waals surface area (Å²) in [6.45, 7) is 5.97. The maximum absolute atomic E-state index is 9.75. The number of fused-ring (bicyclic) bond motifs is 1. The topological polar surface area (TPSA) is 20.2 Å². The van der Waals surface area contributed by atoms with E-state index in [4.69, 9.17) is 0 Å². The first-order valence-electron chi connectivity index (χ1n) is 4.62.